The normalized spacial score (nSPS) is 28.3. The van der Waals surface area contributed by atoms with Crippen LogP contribution in [0.1, 0.15) is 19.3 Å². The molecule has 0 radical (unpaired) electrons. The lowest BCUT2D eigenvalue weighted by molar-refractivity contribution is 0.0693. The zero-order valence-corrected chi connectivity index (χ0v) is 6.12. The molecule has 2 heteroatoms. The highest BCUT2D eigenvalue weighted by atomic mass is 16.5. The molecule has 1 saturated heterocycles. The van der Waals surface area contributed by atoms with Crippen LogP contribution in [0.15, 0.2) is 12.7 Å². The summed E-state index contributed by atoms with van der Waals surface area (Å²) in [4.78, 5) is 0. The minimum absolute atomic E-state index is 0.271. The lowest BCUT2D eigenvalue weighted by Gasteiger charge is -2.10. The van der Waals surface area contributed by atoms with Crippen molar-refractivity contribution in [1.29, 1.82) is 0 Å². The van der Waals surface area contributed by atoms with Gasteiger partial charge in [0.25, 0.3) is 0 Å². The Bertz CT molecular complexity index is 106. The molecule has 0 bridgehead atoms. The van der Waals surface area contributed by atoms with E-state index < -0.39 is 0 Å². The van der Waals surface area contributed by atoms with Gasteiger partial charge in [0.2, 0.25) is 0 Å². The van der Waals surface area contributed by atoms with Gasteiger partial charge in [-0.15, -0.1) is 6.58 Å². The summed E-state index contributed by atoms with van der Waals surface area (Å²) in [7, 11) is 0. The molecule has 58 valence electrons. The molecule has 2 atom stereocenters. The molecule has 1 aliphatic rings. The highest BCUT2D eigenvalue weighted by Crippen LogP contribution is 2.16. The van der Waals surface area contributed by atoms with Crippen LogP contribution in [0.5, 0.6) is 0 Å². The fourth-order valence-electron chi connectivity index (χ4n) is 1.20. The highest BCUT2D eigenvalue weighted by molar-refractivity contribution is 4.81. The molecule has 2 nitrogen and oxygen atoms in total. The van der Waals surface area contributed by atoms with Crippen molar-refractivity contribution in [2.75, 3.05) is 6.61 Å². The summed E-state index contributed by atoms with van der Waals surface area (Å²) >= 11 is 0. The van der Waals surface area contributed by atoms with Gasteiger partial charge >= 0.3 is 0 Å². The van der Waals surface area contributed by atoms with Gasteiger partial charge in [-0.3, -0.25) is 0 Å². The van der Waals surface area contributed by atoms with Crippen LogP contribution < -0.4 is 0 Å². The minimum atomic E-state index is -0.386. The van der Waals surface area contributed by atoms with E-state index >= 15 is 0 Å². The Kier molecular flexibility index (Phi) is 2.90. The fourth-order valence-corrected chi connectivity index (χ4v) is 1.20. The van der Waals surface area contributed by atoms with Crippen LogP contribution >= 0.6 is 0 Å². The number of ether oxygens (including phenoxy) is 1. The number of aliphatic hydroxyl groups excluding tert-OH is 1. The molecule has 0 aromatic rings. The van der Waals surface area contributed by atoms with E-state index in [2.05, 4.69) is 6.58 Å². The molecule has 0 aliphatic carbocycles. The van der Waals surface area contributed by atoms with Crippen molar-refractivity contribution in [3.8, 4) is 0 Å². The van der Waals surface area contributed by atoms with Crippen LogP contribution in [0.2, 0.25) is 0 Å². The first-order valence-corrected chi connectivity index (χ1v) is 3.75. The summed E-state index contributed by atoms with van der Waals surface area (Å²) in [5.74, 6) is 0. The predicted octanol–water partition coefficient (Wildman–Crippen LogP) is 1.10. The van der Waals surface area contributed by atoms with Gasteiger partial charge in [0.1, 0.15) is 0 Å². The van der Waals surface area contributed by atoms with Crippen molar-refractivity contribution in [3.05, 3.63) is 12.7 Å². The maximum Gasteiger partial charge on any atom is 0.0743 e. The molecule has 2 unspecified atom stereocenters. The summed E-state index contributed by atoms with van der Waals surface area (Å²) in [6.07, 6.45) is 4.38. The van der Waals surface area contributed by atoms with E-state index in [1.165, 1.54) is 0 Å². The molecule has 0 amide bonds. The predicted molar refractivity (Wildman–Crippen MR) is 39.8 cm³/mol. The van der Waals surface area contributed by atoms with Crippen molar-refractivity contribution in [1.82, 2.24) is 0 Å². The summed E-state index contributed by atoms with van der Waals surface area (Å²) in [5.41, 5.74) is 0. The molecule has 1 N–H and O–H groups in total. The molecule has 0 saturated carbocycles. The van der Waals surface area contributed by atoms with Crippen molar-refractivity contribution < 1.29 is 9.84 Å². The van der Waals surface area contributed by atoms with E-state index in [9.17, 15) is 0 Å². The third-order valence-corrected chi connectivity index (χ3v) is 1.80. The molecule has 1 aliphatic heterocycles. The maximum atomic E-state index is 9.12. The van der Waals surface area contributed by atoms with Gasteiger partial charge < -0.3 is 9.84 Å². The Balaban J connectivity index is 2.17. The molecule has 1 fully saturated rings. The Labute approximate surface area is 61.5 Å². The van der Waals surface area contributed by atoms with Crippen LogP contribution in [-0.4, -0.2) is 23.9 Å². The first-order valence-electron chi connectivity index (χ1n) is 3.75. The standard InChI is InChI=1S/C8H14O2/c1-2-7(9)6-8-4-3-5-10-8/h2,7-9H,1,3-6H2. The summed E-state index contributed by atoms with van der Waals surface area (Å²) in [6.45, 7) is 4.35. The van der Waals surface area contributed by atoms with Crippen LogP contribution in [0.25, 0.3) is 0 Å². The maximum absolute atomic E-state index is 9.12. The van der Waals surface area contributed by atoms with Crippen molar-refractivity contribution in [3.63, 3.8) is 0 Å². The molecule has 0 aromatic heterocycles. The van der Waals surface area contributed by atoms with Gasteiger partial charge in [0.15, 0.2) is 0 Å². The Hall–Kier alpha value is -0.340. The SMILES string of the molecule is C=CC(O)CC1CCCO1. The number of hydrogen-bond donors (Lipinski definition) is 1. The van der Waals surface area contributed by atoms with Crippen molar-refractivity contribution >= 4 is 0 Å². The molecule has 0 aromatic carbocycles. The molecule has 1 rings (SSSR count). The van der Waals surface area contributed by atoms with E-state index in [1.807, 2.05) is 0 Å². The lowest BCUT2D eigenvalue weighted by Crippen LogP contribution is -2.14. The Morgan fingerprint density at radius 2 is 2.60 bits per heavy atom. The van der Waals surface area contributed by atoms with E-state index in [4.69, 9.17) is 9.84 Å². The molecular weight excluding hydrogens is 128 g/mol. The van der Waals surface area contributed by atoms with Crippen molar-refractivity contribution in [2.45, 2.75) is 31.5 Å². The smallest absolute Gasteiger partial charge is 0.0743 e. The second-order valence-electron chi connectivity index (χ2n) is 2.67. The quantitative estimate of drug-likeness (QED) is 0.598. The van der Waals surface area contributed by atoms with E-state index in [0.29, 0.717) is 6.42 Å². The summed E-state index contributed by atoms with van der Waals surface area (Å²) < 4.78 is 5.32. The Morgan fingerprint density at radius 1 is 1.80 bits per heavy atom. The van der Waals surface area contributed by atoms with Crippen molar-refractivity contribution in [2.24, 2.45) is 0 Å². The summed E-state index contributed by atoms with van der Waals surface area (Å²) in [5, 5.41) is 9.12. The van der Waals surface area contributed by atoms with E-state index in [-0.39, 0.29) is 12.2 Å². The van der Waals surface area contributed by atoms with Crippen LogP contribution in [0, 0.1) is 0 Å². The van der Waals surface area contributed by atoms with Gasteiger partial charge in [-0.1, -0.05) is 6.08 Å². The number of hydrogen-bond acceptors (Lipinski definition) is 2. The van der Waals surface area contributed by atoms with Crippen LogP contribution in [0.4, 0.5) is 0 Å². The number of aliphatic hydroxyl groups is 1. The van der Waals surface area contributed by atoms with Gasteiger partial charge in [-0.2, -0.15) is 0 Å². The van der Waals surface area contributed by atoms with Gasteiger partial charge in [0, 0.05) is 13.0 Å². The molecule has 0 spiro atoms. The molecule has 10 heavy (non-hydrogen) atoms. The van der Waals surface area contributed by atoms with E-state index in [0.717, 1.165) is 19.4 Å². The second kappa shape index (κ2) is 3.74. The largest absolute Gasteiger partial charge is 0.389 e. The van der Waals surface area contributed by atoms with Crippen LogP contribution in [0.3, 0.4) is 0 Å². The second-order valence-corrected chi connectivity index (χ2v) is 2.67. The number of rotatable bonds is 3. The lowest BCUT2D eigenvalue weighted by atomic mass is 10.1. The third kappa shape index (κ3) is 2.12. The van der Waals surface area contributed by atoms with Gasteiger partial charge in [-0.05, 0) is 12.8 Å². The fraction of sp³-hybridized carbons (Fsp3) is 0.750. The molecule has 1 heterocycles. The average molecular weight is 142 g/mol. The van der Waals surface area contributed by atoms with Gasteiger partial charge in [0.05, 0.1) is 12.2 Å². The highest BCUT2D eigenvalue weighted by Gasteiger charge is 2.17. The zero-order chi connectivity index (χ0) is 7.40. The topological polar surface area (TPSA) is 29.5 Å². The minimum Gasteiger partial charge on any atom is -0.389 e. The monoisotopic (exact) mass is 142 g/mol. The molecular formula is C8H14O2. The summed E-state index contributed by atoms with van der Waals surface area (Å²) in [6, 6.07) is 0. The van der Waals surface area contributed by atoms with Crippen LogP contribution in [-0.2, 0) is 4.74 Å². The average Bonchev–Trinajstić information content (AvgIpc) is 2.40. The zero-order valence-electron chi connectivity index (χ0n) is 6.12. The third-order valence-electron chi connectivity index (χ3n) is 1.80. The first kappa shape index (κ1) is 7.76. The van der Waals surface area contributed by atoms with Gasteiger partial charge in [-0.25, -0.2) is 0 Å². The van der Waals surface area contributed by atoms with E-state index in [1.54, 1.807) is 6.08 Å². The Morgan fingerprint density at radius 3 is 3.10 bits per heavy atom. The first-order chi connectivity index (χ1) is 4.83.